The van der Waals surface area contributed by atoms with Crippen molar-refractivity contribution in [1.29, 1.82) is 0 Å². The molecule has 1 N–H and O–H groups in total. The molecule has 29 heavy (non-hydrogen) atoms. The molecule has 0 spiro atoms. The molecule has 1 aromatic carbocycles. The quantitative estimate of drug-likeness (QED) is 0.694. The van der Waals surface area contributed by atoms with Gasteiger partial charge in [0.2, 0.25) is 0 Å². The number of methoxy groups -OCH3 is 2. The Morgan fingerprint density at radius 3 is 2.83 bits per heavy atom. The number of hydrogen-bond donors (Lipinski definition) is 1. The number of hydrogen-bond acceptors (Lipinski definition) is 5. The molecule has 2 amide bonds. The SMILES string of the molecule is COCCn1c([C@@H]2CCN(C(=O)Nc3ccc(OC)cc3)C2)nc2cccnc21. The minimum Gasteiger partial charge on any atom is -0.497 e. The van der Waals surface area contributed by atoms with Gasteiger partial charge in [0.05, 0.1) is 13.7 Å². The minimum atomic E-state index is -0.102. The second-order valence-corrected chi connectivity index (χ2v) is 7.05. The van der Waals surface area contributed by atoms with Crippen molar-refractivity contribution in [1.82, 2.24) is 19.4 Å². The summed E-state index contributed by atoms with van der Waals surface area (Å²) in [5.41, 5.74) is 2.48. The first-order valence-electron chi connectivity index (χ1n) is 9.69. The molecule has 1 aliphatic heterocycles. The number of rotatable bonds is 6. The van der Waals surface area contributed by atoms with Crippen molar-refractivity contribution in [3.05, 3.63) is 48.4 Å². The van der Waals surface area contributed by atoms with Gasteiger partial charge in [0, 0.05) is 44.5 Å². The van der Waals surface area contributed by atoms with Crippen LogP contribution in [-0.4, -0.2) is 59.4 Å². The summed E-state index contributed by atoms with van der Waals surface area (Å²) in [6.45, 7) is 2.59. The van der Waals surface area contributed by atoms with Gasteiger partial charge >= 0.3 is 6.03 Å². The third-order valence-corrected chi connectivity index (χ3v) is 5.23. The topological polar surface area (TPSA) is 81.5 Å². The maximum absolute atomic E-state index is 12.7. The number of carbonyl (C=O) groups is 1. The van der Waals surface area contributed by atoms with Gasteiger partial charge in [-0.1, -0.05) is 0 Å². The number of benzene rings is 1. The zero-order valence-electron chi connectivity index (χ0n) is 16.7. The van der Waals surface area contributed by atoms with Gasteiger partial charge < -0.3 is 24.3 Å². The number of carbonyl (C=O) groups excluding carboxylic acids is 1. The van der Waals surface area contributed by atoms with E-state index in [0.29, 0.717) is 26.2 Å². The monoisotopic (exact) mass is 395 g/mol. The third-order valence-electron chi connectivity index (χ3n) is 5.23. The van der Waals surface area contributed by atoms with Crippen molar-refractivity contribution >= 4 is 22.9 Å². The lowest BCUT2D eigenvalue weighted by Gasteiger charge is -2.18. The van der Waals surface area contributed by atoms with E-state index < -0.39 is 0 Å². The molecule has 3 aromatic rings. The summed E-state index contributed by atoms with van der Waals surface area (Å²) in [6, 6.07) is 11.1. The average molecular weight is 395 g/mol. The Balaban J connectivity index is 1.48. The fourth-order valence-electron chi connectivity index (χ4n) is 3.72. The van der Waals surface area contributed by atoms with E-state index in [1.165, 1.54) is 0 Å². The van der Waals surface area contributed by atoms with E-state index in [2.05, 4.69) is 14.9 Å². The molecule has 0 unspecified atom stereocenters. The van der Waals surface area contributed by atoms with Crippen molar-refractivity contribution in [2.24, 2.45) is 0 Å². The lowest BCUT2D eigenvalue weighted by atomic mass is 10.1. The molecule has 1 atom stereocenters. The van der Waals surface area contributed by atoms with Crippen LogP contribution in [0.2, 0.25) is 0 Å². The highest BCUT2D eigenvalue weighted by molar-refractivity contribution is 5.89. The molecular weight excluding hydrogens is 370 g/mol. The summed E-state index contributed by atoms with van der Waals surface area (Å²) < 4.78 is 12.5. The smallest absolute Gasteiger partial charge is 0.321 e. The van der Waals surface area contributed by atoms with Gasteiger partial charge in [-0.15, -0.1) is 0 Å². The Morgan fingerprint density at radius 1 is 1.24 bits per heavy atom. The zero-order valence-corrected chi connectivity index (χ0v) is 16.7. The zero-order chi connectivity index (χ0) is 20.2. The number of aromatic nitrogens is 3. The van der Waals surface area contributed by atoms with Crippen molar-refractivity contribution in [3.63, 3.8) is 0 Å². The number of urea groups is 1. The fourth-order valence-corrected chi connectivity index (χ4v) is 3.72. The van der Waals surface area contributed by atoms with E-state index >= 15 is 0 Å². The largest absolute Gasteiger partial charge is 0.497 e. The van der Waals surface area contributed by atoms with Crippen molar-refractivity contribution in [2.75, 3.05) is 39.2 Å². The number of nitrogens with zero attached hydrogens (tertiary/aromatic N) is 4. The van der Waals surface area contributed by atoms with Crippen LogP contribution in [0, 0.1) is 0 Å². The average Bonchev–Trinajstić information content (AvgIpc) is 3.38. The maximum atomic E-state index is 12.7. The molecule has 8 heteroatoms. The number of nitrogens with one attached hydrogen (secondary N) is 1. The standard InChI is InChI=1S/C21H25N5O3/c1-28-13-12-26-19(24-18-4-3-10-22-20(18)26)15-9-11-25(14-15)21(27)23-16-5-7-17(29-2)8-6-16/h3-8,10,15H,9,11-14H2,1-2H3,(H,23,27)/t15-/m1/s1. The molecule has 1 fully saturated rings. The summed E-state index contributed by atoms with van der Waals surface area (Å²) in [6.07, 6.45) is 2.65. The van der Waals surface area contributed by atoms with Gasteiger partial charge in [-0.3, -0.25) is 0 Å². The summed E-state index contributed by atoms with van der Waals surface area (Å²) in [7, 11) is 3.31. The van der Waals surface area contributed by atoms with E-state index in [9.17, 15) is 4.79 Å². The van der Waals surface area contributed by atoms with Crippen LogP contribution in [0.5, 0.6) is 5.75 Å². The first-order valence-corrected chi connectivity index (χ1v) is 9.69. The van der Waals surface area contributed by atoms with Gasteiger partial charge in [-0.05, 0) is 42.8 Å². The van der Waals surface area contributed by atoms with E-state index in [4.69, 9.17) is 14.5 Å². The Morgan fingerprint density at radius 2 is 2.07 bits per heavy atom. The van der Waals surface area contributed by atoms with Gasteiger partial charge in [0.25, 0.3) is 0 Å². The Hall–Kier alpha value is -3.13. The highest BCUT2D eigenvalue weighted by Crippen LogP contribution is 2.29. The lowest BCUT2D eigenvalue weighted by Crippen LogP contribution is -2.33. The minimum absolute atomic E-state index is 0.102. The lowest BCUT2D eigenvalue weighted by molar-refractivity contribution is 0.186. The molecule has 0 radical (unpaired) electrons. The van der Waals surface area contributed by atoms with Gasteiger partial charge in [0.1, 0.15) is 17.1 Å². The predicted molar refractivity (Wildman–Crippen MR) is 110 cm³/mol. The van der Waals surface area contributed by atoms with E-state index in [-0.39, 0.29) is 11.9 Å². The van der Waals surface area contributed by atoms with Crippen LogP contribution < -0.4 is 10.1 Å². The van der Waals surface area contributed by atoms with Crippen LogP contribution in [0.4, 0.5) is 10.5 Å². The fraction of sp³-hybridized carbons (Fsp3) is 0.381. The summed E-state index contributed by atoms with van der Waals surface area (Å²) in [5, 5.41) is 2.95. The summed E-state index contributed by atoms with van der Waals surface area (Å²) >= 11 is 0. The molecule has 1 saturated heterocycles. The normalized spacial score (nSPS) is 16.3. The molecule has 0 bridgehead atoms. The van der Waals surface area contributed by atoms with E-state index in [1.54, 1.807) is 20.4 Å². The van der Waals surface area contributed by atoms with Gasteiger partial charge in [0.15, 0.2) is 5.65 Å². The predicted octanol–water partition coefficient (Wildman–Crippen LogP) is 3.11. The first kappa shape index (κ1) is 19.2. The second-order valence-electron chi connectivity index (χ2n) is 7.05. The third kappa shape index (κ3) is 4.02. The number of amides is 2. The highest BCUT2D eigenvalue weighted by atomic mass is 16.5. The Bertz CT molecular complexity index is 986. The van der Waals surface area contributed by atoms with Crippen LogP contribution in [0.15, 0.2) is 42.6 Å². The molecule has 152 valence electrons. The number of ether oxygens (including phenoxy) is 2. The van der Waals surface area contributed by atoms with E-state index in [1.807, 2.05) is 41.3 Å². The Kier molecular flexibility index (Phi) is 5.62. The number of fused-ring (bicyclic) bond motifs is 1. The van der Waals surface area contributed by atoms with Crippen LogP contribution in [0.25, 0.3) is 11.2 Å². The molecule has 3 heterocycles. The number of likely N-dealkylation sites (tertiary alicyclic amines) is 1. The molecule has 0 aliphatic carbocycles. The van der Waals surface area contributed by atoms with Gasteiger partial charge in [-0.25, -0.2) is 14.8 Å². The molecular formula is C21H25N5O3. The first-order chi connectivity index (χ1) is 14.2. The van der Waals surface area contributed by atoms with Crippen LogP contribution in [0.1, 0.15) is 18.2 Å². The second kappa shape index (κ2) is 8.48. The van der Waals surface area contributed by atoms with E-state index in [0.717, 1.165) is 34.8 Å². The van der Waals surface area contributed by atoms with Crippen LogP contribution >= 0.6 is 0 Å². The van der Waals surface area contributed by atoms with Crippen molar-refractivity contribution in [3.8, 4) is 5.75 Å². The molecule has 2 aromatic heterocycles. The highest BCUT2D eigenvalue weighted by Gasteiger charge is 2.31. The summed E-state index contributed by atoms with van der Waals surface area (Å²) in [4.78, 5) is 23.8. The van der Waals surface area contributed by atoms with Crippen molar-refractivity contribution < 1.29 is 14.3 Å². The van der Waals surface area contributed by atoms with Gasteiger partial charge in [-0.2, -0.15) is 0 Å². The molecule has 4 rings (SSSR count). The Labute approximate surface area is 169 Å². The number of pyridine rings is 1. The van der Waals surface area contributed by atoms with Crippen LogP contribution in [-0.2, 0) is 11.3 Å². The van der Waals surface area contributed by atoms with Crippen LogP contribution in [0.3, 0.4) is 0 Å². The summed E-state index contributed by atoms with van der Waals surface area (Å²) in [5.74, 6) is 1.89. The molecule has 1 aliphatic rings. The molecule has 0 saturated carbocycles. The number of imidazole rings is 1. The maximum Gasteiger partial charge on any atom is 0.321 e. The van der Waals surface area contributed by atoms with Crippen molar-refractivity contribution in [2.45, 2.75) is 18.9 Å². The number of anilines is 1. The molecule has 8 nitrogen and oxygen atoms in total.